The van der Waals surface area contributed by atoms with Crippen LogP contribution >= 0.6 is 11.6 Å². The van der Waals surface area contributed by atoms with Gasteiger partial charge in [0.2, 0.25) is 0 Å². The summed E-state index contributed by atoms with van der Waals surface area (Å²) in [5, 5.41) is -0.156. The SMILES string of the molecule is Cc1cnccc1NS(=O)(=O)c1c(Cl)nc2ccccn12. The van der Waals surface area contributed by atoms with Crippen molar-refractivity contribution in [1.29, 1.82) is 0 Å². The number of aromatic nitrogens is 3. The Bertz CT molecular complexity index is 921. The number of hydrogen-bond donors (Lipinski definition) is 1. The van der Waals surface area contributed by atoms with Gasteiger partial charge in [0.15, 0.2) is 10.2 Å². The van der Waals surface area contributed by atoms with E-state index in [-0.39, 0.29) is 10.2 Å². The van der Waals surface area contributed by atoms with Crippen molar-refractivity contribution < 1.29 is 8.42 Å². The molecule has 0 unspecified atom stereocenters. The average molecular weight is 323 g/mol. The van der Waals surface area contributed by atoms with Crippen molar-refractivity contribution in [2.24, 2.45) is 0 Å². The predicted octanol–water partition coefficient (Wildman–Crippen LogP) is 2.49. The molecule has 3 aromatic heterocycles. The summed E-state index contributed by atoms with van der Waals surface area (Å²) in [6.07, 6.45) is 4.69. The van der Waals surface area contributed by atoms with Crippen LogP contribution in [0.25, 0.3) is 5.65 Å². The minimum absolute atomic E-state index is 0.0691. The van der Waals surface area contributed by atoms with E-state index in [1.807, 2.05) is 0 Å². The van der Waals surface area contributed by atoms with Gasteiger partial charge >= 0.3 is 0 Å². The maximum atomic E-state index is 12.6. The maximum Gasteiger partial charge on any atom is 0.281 e. The Kier molecular flexibility index (Phi) is 3.30. The molecule has 0 saturated heterocycles. The summed E-state index contributed by atoms with van der Waals surface area (Å²) >= 11 is 5.99. The molecule has 3 rings (SSSR count). The first-order valence-corrected chi connectivity index (χ1v) is 7.91. The molecule has 0 amide bonds. The van der Waals surface area contributed by atoms with Crippen molar-refractivity contribution in [1.82, 2.24) is 14.4 Å². The molecular formula is C13H11ClN4O2S. The number of nitrogens with zero attached hydrogens (tertiary/aromatic N) is 3. The normalized spacial score (nSPS) is 11.7. The summed E-state index contributed by atoms with van der Waals surface area (Å²) < 4.78 is 29.1. The zero-order valence-corrected chi connectivity index (χ0v) is 12.6. The van der Waals surface area contributed by atoms with Crippen LogP contribution in [0.1, 0.15) is 5.56 Å². The zero-order valence-electron chi connectivity index (χ0n) is 11.0. The predicted molar refractivity (Wildman–Crippen MR) is 80.0 cm³/mol. The molecule has 0 atom stereocenters. The summed E-state index contributed by atoms with van der Waals surface area (Å²) in [6.45, 7) is 1.76. The number of anilines is 1. The smallest absolute Gasteiger partial charge is 0.281 e. The highest BCUT2D eigenvalue weighted by molar-refractivity contribution is 7.92. The summed E-state index contributed by atoms with van der Waals surface area (Å²) in [5.74, 6) is 0. The van der Waals surface area contributed by atoms with E-state index in [0.29, 0.717) is 16.9 Å². The highest BCUT2D eigenvalue weighted by Gasteiger charge is 2.24. The van der Waals surface area contributed by atoms with Crippen molar-refractivity contribution in [2.45, 2.75) is 11.9 Å². The van der Waals surface area contributed by atoms with Crippen molar-refractivity contribution in [3.63, 3.8) is 0 Å². The van der Waals surface area contributed by atoms with Crippen molar-refractivity contribution >= 4 is 33.0 Å². The van der Waals surface area contributed by atoms with Crippen LogP contribution in [0.15, 0.2) is 47.9 Å². The third kappa shape index (κ3) is 2.45. The van der Waals surface area contributed by atoms with Crippen LogP contribution < -0.4 is 4.72 Å². The summed E-state index contributed by atoms with van der Waals surface area (Å²) in [6, 6.07) is 6.74. The highest BCUT2D eigenvalue weighted by atomic mass is 35.5. The summed E-state index contributed by atoms with van der Waals surface area (Å²) in [7, 11) is -3.86. The lowest BCUT2D eigenvalue weighted by Crippen LogP contribution is -2.16. The van der Waals surface area contributed by atoms with Gasteiger partial charge in [-0.1, -0.05) is 17.7 Å². The minimum Gasteiger partial charge on any atom is -0.288 e. The fourth-order valence-corrected chi connectivity index (χ4v) is 3.74. The van der Waals surface area contributed by atoms with Crippen LogP contribution in [-0.4, -0.2) is 22.8 Å². The number of nitrogens with one attached hydrogen (secondary N) is 1. The first kappa shape index (κ1) is 13.8. The Morgan fingerprint density at radius 3 is 2.86 bits per heavy atom. The molecule has 0 aromatic carbocycles. The molecule has 108 valence electrons. The number of rotatable bonds is 3. The second-order valence-corrected chi connectivity index (χ2v) is 6.39. The van der Waals surface area contributed by atoms with E-state index in [9.17, 15) is 8.42 Å². The number of pyridine rings is 2. The number of fused-ring (bicyclic) bond motifs is 1. The van der Waals surface area contributed by atoms with Gasteiger partial charge in [0.25, 0.3) is 10.0 Å². The van der Waals surface area contributed by atoms with E-state index < -0.39 is 10.0 Å². The third-order valence-corrected chi connectivity index (χ3v) is 4.73. The number of sulfonamides is 1. The van der Waals surface area contributed by atoms with Crippen LogP contribution in [0.2, 0.25) is 5.15 Å². The van der Waals surface area contributed by atoms with Gasteiger partial charge < -0.3 is 0 Å². The molecule has 21 heavy (non-hydrogen) atoms. The molecule has 0 aliphatic carbocycles. The van der Waals surface area contributed by atoms with E-state index in [1.54, 1.807) is 43.6 Å². The molecule has 0 bridgehead atoms. The lowest BCUT2D eigenvalue weighted by Gasteiger charge is -2.09. The van der Waals surface area contributed by atoms with Crippen LogP contribution in [0.3, 0.4) is 0 Å². The Morgan fingerprint density at radius 1 is 1.29 bits per heavy atom. The Balaban J connectivity index is 2.13. The molecule has 0 radical (unpaired) electrons. The molecule has 0 saturated carbocycles. The molecule has 8 heteroatoms. The van der Waals surface area contributed by atoms with Gasteiger partial charge in [0.1, 0.15) is 5.65 Å². The number of aryl methyl sites for hydroxylation is 1. The van der Waals surface area contributed by atoms with Gasteiger partial charge in [-0.2, -0.15) is 8.42 Å². The fraction of sp³-hybridized carbons (Fsp3) is 0.0769. The first-order valence-electron chi connectivity index (χ1n) is 6.05. The molecule has 0 aliphatic heterocycles. The van der Waals surface area contributed by atoms with Gasteiger partial charge in [-0.25, -0.2) is 4.98 Å². The minimum atomic E-state index is -3.86. The maximum absolute atomic E-state index is 12.6. The van der Waals surface area contributed by atoms with Gasteiger partial charge in [0.05, 0.1) is 5.69 Å². The van der Waals surface area contributed by atoms with Crippen LogP contribution in [0.5, 0.6) is 0 Å². The van der Waals surface area contributed by atoms with Gasteiger partial charge in [0, 0.05) is 18.6 Å². The Hall–Kier alpha value is -2.12. The highest BCUT2D eigenvalue weighted by Crippen LogP contribution is 2.25. The molecule has 1 N–H and O–H groups in total. The summed E-state index contributed by atoms with van der Waals surface area (Å²) in [4.78, 5) is 7.97. The molecular weight excluding hydrogens is 312 g/mol. The van der Waals surface area contributed by atoms with Crippen molar-refractivity contribution in [3.8, 4) is 0 Å². The van der Waals surface area contributed by atoms with E-state index >= 15 is 0 Å². The van der Waals surface area contributed by atoms with Crippen molar-refractivity contribution in [3.05, 3.63) is 53.6 Å². The molecule has 0 fully saturated rings. The Labute approximate surface area is 126 Å². The molecule has 3 heterocycles. The number of imidazole rings is 1. The van der Waals surface area contributed by atoms with Crippen LogP contribution in [-0.2, 0) is 10.0 Å². The quantitative estimate of drug-likeness (QED) is 0.803. The average Bonchev–Trinajstić information content (AvgIpc) is 2.77. The van der Waals surface area contributed by atoms with Crippen LogP contribution in [0.4, 0.5) is 5.69 Å². The van der Waals surface area contributed by atoms with Gasteiger partial charge in [-0.05, 0) is 30.7 Å². The van der Waals surface area contributed by atoms with E-state index in [2.05, 4.69) is 14.7 Å². The van der Waals surface area contributed by atoms with Gasteiger partial charge in [-0.3, -0.25) is 14.1 Å². The molecule has 0 aliphatic rings. The third-order valence-electron chi connectivity index (χ3n) is 2.97. The molecule has 3 aromatic rings. The zero-order chi connectivity index (χ0) is 15.0. The van der Waals surface area contributed by atoms with Crippen molar-refractivity contribution in [2.75, 3.05) is 4.72 Å². The monoisotopic (exact) mass is 322 g/mol. The van der Waals surface area contributed by atoms with E-state index in [4.69, 9.17) is 11.6 Å². The molecule has 0 spiro atoms. The topological polar surface area (TPSA) is 76.4 Å². The first-order chi connectivity index (χ1) is 9.99. The number of halogens is 1. The standard InChI is InChI=1S/C13H11ClN4O2S/c1-9-8-15-6-5-10(9)17-21(19,20)13-12(14)16-11-4-2-3-7-18(11)13/h2-8H,1H3,(H,15,17). The summed E-state index contributed by atoms with van der Waals surface area (Å²) in [5.41, 5.74) is 1.63. The second kappa shape index (κ2) is 5.01. The molecule has 6 nitrogen and oxygen atoms in total. The van der Waals surface area contributed by atoms with E-state index in [0.717, 1.165) is 0 Å². The Morgan fingerprint density at radius 2 is 2.10 bits per heavy atom. The second-order valence-electron chi connectivity index (χ2n) is 4.43. The van der Waals surface area contributed by atoms with Crippen LogP contribution in [0, 0.1) is 6.92 Å². The number of hydrogen-bond acceptors (Lipinski definition) is 4. The lowest BCUT2D eigenvalue weighted by molar-refractivity contribution is 0.596. The lowest BCUT2D eigenvalue weighted by atomic mass is 10.3. The van der Waals surface area contributed by atoms with E-state index in [1.165, 1.54) is 10.6 Å². The fourth-order valence-electron chi connectivity index (χ4n) is 1.97. The van der Waals surface area contributed by atoms with Gasteiger partial charge in [-0.15, -0.1) is 0 Å². The largest absolute Gasteiger partial charge is 0.288 e.